The van der Waals surface area contributed by atoms with Crippen LogP contribution in [0.15, 0.2) is 77.5 Å². The molecule has 1 N–H and O–H groups in total. The van der Waals surface area contributed by atoms with Gasteiger partial charge in [0.25, 0.3) is 0 Å². The van der Waals surface area contributed by atoms with Crippen molar-refractivity contribution in [2.24, 2.45) is 0 Å². The predicted molar refractivity (Wildman–Crippen MR) is 112 cm³/mol. The first-order valence-corrected chi connectivity index (χ1v) is 9.93. The summed E-state index contributed by atoms with van der Waals surface area (Å²) in [7, 11) is 0. The maximum absolute atomic E-state index is 13.3. The Bertz CT molecular complexity index is 1110. The fourth-order valence-corrected chi connectivity index (χ4v) is 4.23. The summed E-state index contributed by atoms with van der Waals surface area (Å²) < 4.78 is 5.79. The Labute approximate surface area is 168 Å². The van der Waals surface area contributed by atoms with Crippen LogP contribution < -0.4 is 5.32 Å². The number of anilines is 1. The normalized spacial score (nSPS) is 15.4. The second kappa shape index (κ2) is 7.17. The molecule has 0 saturated heterocycles. The Morgan fingerprint density at radius 2 is 1.72 bits per heavy atom. The molecule has 2 aromatic heterocycles. The average Bonchev–Trinajstić information content (AvgIpc) is 3.43. The fourth-order valence-electron chi connectivity index (χ4n) is 4.23. The van der Waals surface area contributed by atoms with E-state index in [9.17, 15) is 4.79 Å². The second-order valence-corrected chi connectivity index (χ2v) is 7.55. The minimum Gasteiger partial charge on any atom is -0.436 e. The largest absolute Gasteiger partial charge is 0.436 e. The van der Waals surface area contributed by atoms with Crippen molar-refractivity contribution < 1.29 is 9.21 Å². The monoisotopic (exact) mass is 383 g/mol. The number of amides is 1. The molecule has 144 valence electrons. The first-order chi connectivity index (χ1) is 14.2. The zero-order valence-electron chi connectivity index (χ0n) is 16.0. The van der Waals surface area contributed by atoms with Gasteiger partial charge in [0.2, 0.25) is 11.8 Å². The quantitative estimate of drug-likeness (QED) is 0.516. The third-order valence-corrected chi connectivity index (χ3v) is 5.80. The summed E-state index contributed by atoms with van der Waals surface area (Å²) in [5.74, 6) is 0.615. The van der Waals surface area contributed by atoms with Crippen molar-refractivity contribution in [3.05, 3.63) is 78.6 Å². The van der Waals surface area contributed by atoms with Crippen LogP contribution in [0.3, 0.4) is 0 Å². The van der Waals surface area contributed by atoms with Gasteiger partial charge in [0.05, 0.1) is 11.6 Å². The second-order valence-electron chi connectivity index (χ2n) is 7.55. The first kappa shape index (κ1) is 17.6. The van der Waals surface area contributed by atoms with Crippen LogP contribution in [0, 0.1) is 0 Å². The van der Waals surface area contributed by atoms with E-state index in [1.165, 1.54) is 0 Å². The lowest BCUT2D eigenvalue weighted by molar-refractivity contribution is -0.121. The van der Waals surface area contributed by atoms with Gasteiger partial charge in [-0.3, -0.25) is 9.78 Å². The minimum atomic E-state index is -0.437. The van der Waals surface area contributed by atoms with Gasteiger partial charge in [-0.15, -0.1) is 0 Å². The minimum absolute atomic E-state index is 0.0712. The molecule has 1 fully saturated rings. The predicted octanol–water partition coefficient (Wildman–Crippen LogP) is 5.34. The molecule has 5 rings (SSSR count). The van der Waals surface area contributed by atoms with E-state index in [0.717, 1.165) is 48.0 Å². The van der Waals surface area contributed by atoms with E-state index < -0.39 is 5.41 Å². The molecule has 0 bridgehead atoms. The van der Waals surface area contributed by atoms with Crippen LogP contribution >= 0.6 is 0 Å². The van der Waals surface area contributed by atoms with Crippen LogP contribution in [0.2, 0.25) is 0 Å². The van der Waals surface area contributed by atoms with Crippen molar-refractivity contribution in [3.63, 3.8) is 0 Å². The first-order valence-electron chi connectivity index (χ1n) is 9.93. The fraction of sp³-hybridized carbons (Fsp3) is 0.208. The van der Waals surface area contributed by atoms with Gasteiger partial charge in [-0.1, -0.05) is 43.2 Å². The number of nitrogens with one attached hydrogen (secondary N) is 1. The molecule has 2 heterocycles. The van der Waals surface area contributed by atoms with Crippen molar-refractivity contribution in [1.82, 2.24) is 9.97 Å². The number of hydrogen-bond acceptors (Lipinski definition) is 4. The molecule has 0 atom stereocenters. The van der Waals surface area contributed by atoms with E-state index in [4.69, 9.17) is 4.42 Å². The average molecular weight is 383 g/mol. The zero-order valence-corrected chi connectivity index (χ0v) is 16.0. The van der Waals surface area contributed by atoms with Crippen LogP contribution in [0.4, 0.5) is 5.69 Å². The van der Waals surface area contributed by atoms with Crippen LogP contribution in [-0.2, 0) is 10.2 Å². The van der Waals surface area contributed by atoms with E-state index in [2.05, 4.69) is 27.4 Å². The Morgan fingerprint density at radius 3 is 2.45 bits per heavy atom. The molecule has 1 saturated carbocycles. The number of benzene rings is 2. The van der Waals surface area contributed by atoms with Crippen molar-refractivity contribution in [2.45, 2.75) is 31.1 Å². The van der Waals surface area contributed by atoms with Gasteiger partial charge in [0, 0.05) is 23.5 Å². The van der Waals surface area contributed by atoms with E-state index in [1.807, 2.05) is 42.5 Å². The summed E-state index contributed by atoms with van der Waals surface area (Å²) in [5, 5.41) is 3.13. The Balaban J connectivity index is 1.38. The van der Waals surface area contributed by atoms with E-state index >= 15 is 0 Å². The standard InChI is InChI=1S/C24H21N3O2/c28-23(24(13-4-5-14-24)18-6-2-1-3-7-18)26-19-10-8-17(9-11-19)22-27-20-16-25-15-12-21(20)29-22/h1-3,6-12,15-16H,4-5,13-14H2,(H,26,28). The zero-order chi connectivity index (χ0) is 19.7. The number of nitrogens with zero attached hydrogens (tertiary/aromatic N) is 2. The van der Waals surface area contributed by atoms with E-state index in [0.29, 0.717) is 11.5 Å². The van der Waals surface area contributed by atoms with Gasteiger partial charge < -0.3 is 9.73 Å². The number of pyridine rings is 1. The summed E-state index contributed by atoms with van der Waals surface area (Å²) in [6.07, 6.45) is 7.29. The molecule has 0 aliphatic heterocycles. The summed E-state index contributed by atoms with van der Waals surface area (Å²) in [6.45, 7) is 0. The van der Waals surface area contributed by atoms with Crippen molar-refractivity contribution >= 4 is 22.7 Å². The summed E-state index contributed by atoms with van der Waals surface area (Å²) >= 11 is 0. The number of carbonyl (C=O) groups excluding carboxylic acids is 1. The molecular weight excluding hydrogens is 362 g/mol. The highest BCUT2D eigenvalue weighted by Gasteiger charge is 2.42. The molecule has 29 heavy (non-hydrogen) atoms. The van der Waals surface area contributed by atoms with Gasteiger partial charge in [-0.05, 0) is 42.7 Å². The maximum atomic E-state index is 13.3. The van der Waals surface area contributed by atoms with Crippen LogP contribution in [0.1, 0.15) is 31.2 Å². The van der Waals surface area contributed by atoms with Gasteiger partial charge in [0.15, 0.2) is 5.58 Å². The molecule has 5 nitrogen and oxygen atoms in total. The molecule has 0 unspecified atom stereocenters. The van der Waals surface area contributed by atoms with Gasteiger partial charge in [0.1, 0.15) is 5.52 Å². The van der Waals surface area contributed by atoms with Gasteiger partial charge in [-0.2, -0.15) is 0 Å². The van der Waals surface area contributed by atoms with Crippen LogP contribution in [-0.4, -0.2) is 15.9 Å². The molecule has 1 amide bonds. The number of carbonyl (C=O) groups is 1. The Morgan fingerprint density at radius 1 is 0.966 bits per heavy atom. The third-order valence-electron chi connectivity index (χ3n) is 5.80. The van der Waals surface area contributed by atoms with Crippen molar-refractivity contribution in [3.8, 4) is 11.5 Å². The smallest absolute Gasteiger partial charge is 0.235 e. The number of rotatable bonds is 4. The highest BCUT2D eigenvalue weighted by atomic mass is 16.3. The van der Waals surface area contributed by atoms with Gasteiger partial charge >= 0.3 is 0 Å². The highest BCUT2D eigenvalue weighted by molar-refractivity contribution is 5.99. The third kappa shape index (κ3) is 3.18. The number of aromatic nitrogens is 2. The van der Waals surface area contributed by atoms with Crippen molar-refractivity contribution in [1.29, 1.82) is 0 Å². The number of fused-ring (bicyclic) bond motifs is 1. The molecule has 0 spiro atoms. The lowest BCUT2D eigenvalue weighted by Crippen LogP contribution is -2.37. The van der Waals surface area contributed by atoms with E-state index in [1.54, 1.807) is 18.5 Å². The number of oxazole rings is 1. The number of hydrogen-bond donors (Lipinski definition) is 1. The SMILES string of the molecule is O=C(Nc1ccc(-c2nc3cnccc3o2)cc1)C1(c2ccccc2)CCCC1. The lowest BCUT2D eigenvalue weighted by Gasteiger charge is -2.28. The molecule has 1 aliphatic carbocycles. The highest BCUT2D eigenvalue weighted by Crippen LogP contribution is 2.42. The van der Waals surface area contributed by atoms with Crippen LogP contribution in [0.25, 0.3) is 22.6 Å². The molecule has 1 aliphatic rings. The molecule has 0 radical (unpaired) electrons. The topological polar surface area (TPSA) is 68.0 Å². The van der Waals surface area contributed by atoms with Gasteiger partial charge in [-0.25, -0.2) is 4.98 Å². The molecule has 5 heteroatoms. The summed E-state index contributed by atoms with van der Waals surface area (Å²) in [5.41, 5.74) is 3.74. The maximum Gasteiger partial charge on any atom is 0.235 e. The molecule has 2 aromatic carbocycles. The van der Waals surface area contributed by atoms with Crippen molar-refractivity contribution in [2.75, 3.05) is 5.32 Å². The summed E-state index contributed by atoms with van der Waals surface area (Å²) in [4.78, 5) is 21.8. The van der Waals surface area contributed by atoms with E-state index in [-0.39, 0.29) is 5.91 Å². The Kier molecular flexibility index (Phi) is 4.35. The Hall–Kier alpha value is -3.47. The molecule has 4 aromatic rings. The molecular formula is C24H21N3O2. The van der Waals surface area contributed by atoms with Crippen LogP contribution in [0.5, 0.6) is 0 Å². The lowest BCUT2D eigenvalue weighted by atomic mass is 9.78. The summed E-state index contributed by atoms with van der Waals surface area (Å²) in [6, 6.07) is 19.6.